The van der Waals surface area contributed by atoms with Crippen molar-refractivity contribution in [1.82, 2.24) is 0 Å². The third-order valence-electron chi connectivity index (χ3n) is 5.18. The normalized spacial score (nSPS) is 12.7. The second kappa shape index (κ2) is 10.2. The number of hydrogen-bond acceptors (Lipinski definition) is 4. The summed E-state index contributed by atoms with van der Waals surface area (Å²) in [7, 11) is -4.20. The molecule has 3 aromatic rings. The highest BCUT2D eigenvalue weighted by atomic mass is 35.5. The van der Waals surface area contributed by atoms with Crippen molar-refractivity contribution in [3.8, 4) is 5.75 Å². The summed E-state index contributed by atoms with van der Waals surface area (Å²) in [5, 5.41) is 2.09. The van der Waals surface area contributed by atoms with E-state index in [0.29, 0.717) is 17.5 Å². The topological polar surface area (TPSA) is 84.5 Å². The van der Waals surface area contributed by atoms with E-state index in [4.69, 9.17) is 16.3 Å². The zero-order valence-electron chi connectivity index (χ0n) is 18.9. The predicted octanol–water partition coefficient (Wildman–Crippen LogP) is 6.18. The molecule has 11 heteroatoms. The van der Waals surface area contributed by atoms with Gasteiger partial charge in [-0.2, -0.15) is 13.2 Å². The van der Waals surface area contributed by atoms with Crippen LogP contribution in [0.5, 0.6) is 5.75 Å². The van der Waals surface area contributed by atoms with Gasteiger partial charge in [0.25, 0.3) is 15.9 Å². The highest BCUT2D eigenvalue weighted by Crippen LogP contribution is 2.36. The van der Waals surface area contributed by atoms with Gasteiger partial charge in [0.15, 0.2) is 6.10 Å². The number of nitrogens with one attached hydrogen (secondary N) is 2. The molecule has 0 aliphatic rings. The molecule has 1 atom stereocenters. The maximum absolute atomic E-state index is 13.0. The van der Waals surface area contributed by atoms with Crippen molar-refractivity contribution in [3.63, 3.8) is 0 Å². The van der Waals surface area contributed by atoms with Crippen molar-refractivity contribution in [3.05, 3.63) is 82.4 Å². The number of benzene rings is 3. The van der Waals surface area contributed by atoms with Gasteiger partial charge in [-0.25, -0.2) is 8.42 Å². The number of amides is 1. The summed E-state index contributed by atoms with van der Waals surface area (Å²) in [4.78, 5) is 12.3. The largest absolute Gasteiger partial charge is 0.481 e. The summed E-state index contributed by atoms with van der Waals surface area (Å²) >= 11 is 5.57. The number of alkyl halides is 3. The van der Waals surface area contributed by atoms with E-state index in [1.807, 2.05) is 26.0 Å². The van der Waals surface area contributed by atoms with Gasteiger partial charge >= 0.3 is 6.18 Å². The summed E-state index contributed by atoms with van der Waals surface area (Å²) in [6.45, 7) is 5.40. The molecular formula is C24H22ClF3N2O4S. The molecule has 6 nitrogen and oxygen atoms in total. The molecule has 35 heavy (non-hydrogen) atoms. The van der Waals surface area contributed by atoms with Crippen LogP contribution < -0.4 is 14.8 Å². The van der Waals surface area contributed by atoms with Crippen LogP contribution in [0, 0.1) is 13.8 Å². The number of carbonyl (C=O) groups excluding carboxylic acids is 1. The lowest BCUT2D eigenvalue weighted by Crippen LogP contribution is -2.30. The first kappa shape index (κ1) is 26.4. The quantitative estimate of drug-likeness (QED) is 0.385. The Kier molecular flexibility index (Phi) is 7.66. The molecule has 0 saturated carbocycles. The van der Waals surface area contributed by atoms with Gasteiger partial charge in [0.05, 0.1) is 15.5 Å². The van der Waals surface area contributed by atoms with Crippen LogP contribution >= 0.6 is 11.6 Å². The van der Waals surface area contributed by atoms with Crippen LogP contribution in [0.4, 0.5) is 24.5 Å². The number of carbonyl (C=O) groups is 1. The van der Waals surface area contributed by atoms with E-state index in [-0.39, 0.29) is 10.6 Å². The standard InChI is InChI=1S/C24H22ClF3N2O4S/c1-14-5-4-6-22(15(14)2)34-16(3)23(31)29-17-7-10-19(11-8-17)35(32,33)30-18-9-12-21(25)20(13-18)24(26,27)28/h4-13,16,30H,1-3H3,(H,29,31)/t16-/m0/s1. The van der Waals surface area contributed by atoms with Crippen molar-refractivity contribution in [2.24, 2.45) is 0 Å². The third-order valence-corrected chi connectivity index (χ3v) is 6.91. The van der Waals surface area contributed by atoms with E-state index in [1.165, 1.54) is 24.3 Å². The van der Waals surface area contributed by atoms with Gasteiger partial charge in [0.2, 0.25) is 0 Å². The SMILES string of the molecule is Cc1cccc(O[C@@H](C)C(=O)Nc2ccc(S(=O)(=O)Nc3ccc(Cl)c(C(F)(F)F)c3)cc2)c1C. The van der Waals surface area contributed by atoms with Crippen molar-refractivity contribution < 1.29 is 31.1 Å². The minimum atomic E-state index is -4.74. The molecular weight excluding hydrogens is 505 g/mol. The smallest absolute Gasteiger partial charge is 0.417 e. The van der Waals surface area contributed by atoms with Gasteiger partial charge in [0.1, 0.15) is 5.75 Å². The predicted molar refractivity (Wildman–Crippen MR) is 128 cm³/mol. The number of ether oxygens (including phenoxy) is 1. The summed E-state index contributed by atoms with van der Waals surface area (Å²) in [5.74, 6) is 0.136. The van der Waals surface area contributed by atoms with E-state index in [2.05, 4.69) is 10.0 Å². The Labute approximate surface area is 206 Å². The van der Waals surface area contributed by atoms with Crippen molar-refractivity contribution >= 4 is 38.9 Å². The summed E-state index contributed by atoms with van der Waals surface area (Å²) in [6.07, 6.45) is -5.56. The average molecular weight is 527 g/mol. The van der Waals surface area contributed by atoms with Crippen LogP contribution in [-0.2, 0) is 21.0 Å². The van der Waals surface area contributed by atoms with E-state index < -0.39 is 38.8 Å². The van der Waals surface area contributed by atoms with Gasteiger partial charge in [-0.3, -0.25) is 9.52 Å². The van der Waals surface area contributed by atoms with Crippen LogP contribution in [0.2, 0.25) is 5.02 Å². The minimum Gasteiger partial charge on any atom is -0.481 e. The molecule has 1 amide bonds. The van der Waals surface area contributed by atoms with Crippen LogP contribution in [0.3, 0.4) is 0 Å². The number of hydrogen-bond donors (Lipinski definition) is 2. The summed E-state index contributed by atoms with van der Waals surface area (Å²) in [5.41, 5.74) is 0.799. The second-order valence-electron chi connectivity index (χ2n) is 7.77. The molecule has 0 unspecified atom stereocenters. The molecule has 0 fully saturated rings. The van der Waals surface area contributed by atoms with Gasteiger partial charge in [-0.05, 0) is 80.4 Å². The first-order chi connectivity index (χ1) is 16.3. The summed E-state index contributed by atoms with van der Waals surface area (Å²) in [6, 6.07) is 13.4. The van der Waals surface area contributed by atoms with Crippen LogP contribution in [0.15, 0.2) is 65.6 Å². The molecule has 186 valence electrons. The molecule has 3 aromatic carbocycles. The zero-order chi connectivity index (χ0) is 26.0. The Balaban J connectivity index is 1.69. The number of rotatable bonds is 7. The first-order valence-electron chi connectivity index (χ1n) is 10.3. The zero-order valence-corrected chi connectivity index (χ0v) is 20.5. The highest BCUT2D eigenvalue weighted by molar-refractivity contribution is 7.92. The maximum atomic E-state index is 13.0. The van der Waals surface area contributed by atoms with Crippen molar-refractivity contribution in [1.29, 1.82) is 0 Å². The maximum Gasteiger partial charge on any atom is 0.417 e. The van der Waals surface area contributed by atoms with Gasteiger partial charge in [0, 0.05) is 11.4 Å². The highest BCUT2D eigenvalue weighted by Gasteiger charge is 2.33. The molecule has 0 heterocycles. The lowest BCUT2D eigenvalue weighted by molar-refractivity contribution is -0.137. The van der Waals surface area contributed by atoms with Crippen molar-refractivity contribution in [2.45, 2.75) is 37.9 Å². The molecule has 0 bridgehead atoms. The van der Waals surface area contributed by atoms with Gasteiger partial charge in [-0.1, -0.05) is 23.7 Å². The number of anilines is 2. The molecule has 3 rings (SSSR count). The molecule has 0 aliphatic carbocycles. The van der Waals surface area contributed by atoms with Crippen LogP contribution in [-0.4, -0.2) is 20.4 Å². The Morgan fingerprint density at radius 3 is 2.26 bits per heavy atom. The Morgan fingerprint density at radius 2 is 1.63 bits per heavy atom. The van der Waals surface area contributed by atoms with Gasteiger partial charge in [-0.15, -0.1) is 0 Å². The van der Waals surface area contributed by atoms with E-state index >= 15 is 0 Å². The lowest BCUT2D eigenvalue weighted by atomic mass is 10.1. The van der Waals surface area contributed by atoms with E-state index in [0.717, 1.165) is 23.3 Å². The number of halogens is 4. The fourth-order valence-corrected chi connectivity index (χ4v) is 4.35. The van der Waals surface area contributed by atoms with E-state index in [1.54, 1.807) is 13.0 Å². The van der Waals surface area contributed by atoms with Crippen molar-refractivity contribution in [2.75, 3.05) is 10.0 Å². The third kappa shape index (κ3) is 6.46. The Bertz CT molecular complexity index is 1340. The average Bonchev–Trinajstić information content (AvgIpc) is 2.77. The minimum absolute atomic E-state index is 0.210. The van der Waals surface area contributed by atoms with Gasteiger partial charge < -0.3 is 10.1 Å². The molecule has 0 aliphatic heterocycles. The fourth-order valence-electron chi connectivity index (χ4n) is 3.08. The fraction of sp³-hybridized carbons (Fsp3) is 0.208. The summed E-state index contributed by atoms with van der Waals surface area (Å²) < 4.78 is 72.2. The Morgan fingerprint density at radius 1 is 1.00 bits per heavy atom. The lowest BCUT2D eigenvalue weighted by Gasteiger charge is -2.17. The second-order valence-corrected chi connectivity index (χ2v) is 9.86. The van der Waals surface area contributed by atoms with Crippen LogP contribution in [0.1, 0.15) is 23.6 Å². The molecule has 2 N–H and O–H groups in total. The first-order valence-corrected chi connectivity index (χ1v) is 12.2. The molecule has 0 saturated heterocycles. The molecule has 0 aromatic heterocycles. The van der Waals surface area contributed by atoms with Crippen LogP contribution in [0.25, 0.3) is 0 Å². The molecule has 0 radical (unpaired) electrons. The molecule has 0 spiro atoms. The number of sulfonamides is 1. The Hall–Kier alpha value is -3.24. The monoisotopic (exact) mass is 526 g/mol. The number of aryl methyl sites for hydroxylation is 1. The van der Waals surface area contributed by atoms with E-state index in [9.17, 15) is 26.4 Å².